The van der Waals surface area contributed by atoms with E-state index in [2.05, 4.69) is 11.4 Å². The number of benzene rings is 1. The molecule has 1 aromatic carbocycles. The van der Waals surface area contributed by atoms with Crippen molar-refractivity contribution >= 4 is 17.2 Å². The number of amides is 1. The lowest BCUT2D eigenvalue weighted by Gasteiger charge is -2.36. The Morgan fingerprint density at radius 1 is 1.35 bits per heavy atom. The minimum absolute atomic E-state index is 0.0713. The standard InChI is InChI=1S/C16H16FNOS/c1-2-15(19)18-9-7-14-13(8-10-20-14)16(18)11-3-5-12(17)6-4-11/h3-6,8,10,16H,2,7,9H2,1H3. The number of rotatable bonds is 2. The molecule has 0 saturated heterocycles. The van der Waals surface area contributed by atoms with E-state index in [-0.39, 0.29) is 17.8 Å². The average Bonchev–Trinajstić information content (AvgIpc) is 2.95. The summed E-state index contributed by atoms with van der Waals surface area (Å²) in [5.41, 5.74) is 2.17. The van der Waals surface area contributed by atoms with Gasteiger partial charge in [-0.05, 0) is 41.1 Å². The lowest BCUT2D eigenvalue weighted by molar-refractivity contribution is -0.132. The Bertz CT molecular complexity index is 620. The molecule has 0 aliphatic carbocycles. The smallest absolute Gasteiger partial charge is 0.223 e. The van der Waals surface area contributed by atoms with E-state index in [1.165, 1.54) is 22.6 Å². The van der Waals surface area contributed by atoms with Gasteiger partial charge in [-0.1, -0.05) is 19.1 Å². The van der Waals surface area contributed by atoms with E-state index in [0.717, 1.165) is 18.5 Å². The Labute approximate surface area is 121 Å². The van der Waals surface area contributed by atoms with Gasteiger partial charge in [0.25, 0.3) is 0 Å². The number of nitrogens with zero attached hydrogens (tertiary/aromatic N) is 1. The number of hydrogen-bond donors (Lipinski definition) is 0. The summed E-state index contributed by atoms with van der Waals surface area (Å²) < 4.78 is 13.1. The number of halogens is 1. The summed E-state index contributed by atoms with van der Waals surface area (Å²) in [5.74, 6) is -0.0976. The fourth-order valence-corrected chi connectivity index (χ4v) is 3.70. The van der Waals surface area contributed by atoms with Crippen molar-refractivity contribution in [2.24, 2.45) is 0 Å². The van der Waals surface area contributed by atoms with E-state index in [4.69, 9.17) is 0 Å². The van der Waals surface area contributed by atoms with Crippen molar-refractivity contribution < 1.29 is 9.18 Å². The molecule has 4 heteroatoms. The molecule has 0 N–H and O–H groups in total. The summed E-state index contributed by atoms with van der Waals surface area (Å²) in [6, 6.07) is 8.50. The van der Waals surface area contributed by atoms with Crippen molar-refractivity contribution in [3.63, 3.8) is 0 Å². The predicted octanol–water partition coefficient (Wildman–Crippen LogP) is 3.77. The van der Waals surface area contributed by atoms with E-state index in [9.17, 15) is 9.18 Å². The molecule has 0 spiro atoms. The van der Waals surface area contributed by atoms with Crippen LogP contribution in [0, 0.1) is 5.82 Å². The van der Waals surface area contributed by atoms with Gasteiger partial charge in [-0.25, -0.2) is 4.39 Å². The molecular weight excluding hydrogens is 273 g/mol. The molecule has 2 heterocycles. The van der Waals surface area contributed by atoms with Crippen LogP contribution in [-0.4, -0.2) is 17.4 Å². The topological polar surface area (TPSA) is 20.3 Å². The minimum atomic E-state index is -0.247. The van der Waals surface area contributed by atoms with Crippen LogP contribution in [0.3, 0.4) is 0 Å². The van der Waals surface area contributed by atoms with Gasteiger partial charge < -0.3 is 4.90 Å². The molecule has 1 amide bonds. The van der Waals surface area contributed by atoms with Gasteiger partial charge >= 0.3 is 0 Å². The van der Waals surface area contributed by atoms with Crippen LogP contribution in [0.15, 0.2) is 35.7 Å². The summed E-state index contributed by atoms with van der Waals surface area (Å²) in [6.45, 7) is 2.62. The number of carbonyl (C=O) groups is 1. The monoisotopic (exact) mass is 289 g/mol. The predicted molar refractivity (Wildman–Crippen MR) is 78.3 cm³/mol. The molecule has 3 rings (SSSR count). The summed E-state index contributed by atoms with van der Waals surface area (Å²) in [5, 5.41) is 2.07. The van der Waals surface area contributed by atoms with Gasteiger partial charge in [0.05, 0.1) is 6.04 Å². The van der Waals surface area contributed by atoms with Gasteiger partial charge in [-0.15, -0.1) is 11.3 Å². The second kappa shape index (κ2) is 5.37. The van der Waals surface area contributed by atoms with Gasteiger partial charge in [-0.3, -0.25) is 4.79 Å². The van der Waals surface area contributed by atoms with Crippen molar-refractivity contribution in [2.75, 3.05) is 6.54 Å². The third-order valence-corrected chi connectivity index (χ3v) is 4.77. The van der Waals surface area contributed by atoms with Crippen LogP contribution in [0.4, 0.5) is 4.39 Å². The minimum Gasteiger partial charge on any atom is -0.331 e. The van der Waals surface area contributed by atoms with Crippen molar-refractivity contribution in [3.05, 3.63) is 57.5 Å². The highest BCUT2D eigenvalue weighted by molar-refractivity contribution is 7.10. The van der Waals surface area contributed by atoms with Crippen LogP contribution in [0.5, 0.6) is 0 Å². The fraction of sp³-hybridized carbons (Fsp3) is 0.312. The van der Waals surface area contributed by atoms with Crippen molar-refractivity contribution in [2.45, 2.75) is 25.8 Å². The number of fused-ring (bicyclic) bond motifs is 1. The molecule has 1 aromatic heterocycles. The fourth-order valence-electron chi connectivity index (χ4n) is 2.79. The summed E-state index contributed by atoms with van der Waals surface area (Å²) in [4.78, 5) is 15.5. The van der Waals surface area contributed by atoms with Gasteiger partial charge in [-0.2, -0.15) is 0 Å². The van der Waals surface area contributed by atoms with Crippen molar-refractivity contribution in [3.8, 4) is 0 Å². The molecule has 1 unspecified atom stereocenters. The van der Waals surface area contributed by atoms with Gasteiger partial charge in [0.2, 0.25) is 5.91 Å². The quantitative estimate of drug-likeness (QED) is 0.824. The molecule has 1 aliphatic heterocycles. The van der Waals surface area contributed by atoms with E-state index in [1.807, 2.05) is 11.8 Å². The zero-order valence-electron chi connectivity index (χ0n) is 11.3. The molecule has 0 radical (unpaired) electrons. The van der Waals surface area contributed by atoms with Gasteiger partial charge in [0.1, 0.15) is 5.82 Å². The number of carbonyl (C=O) groups excluding carboxylic acids is 1. The second-order valence-electron chi connectivity index (χ2n) is 4.94. The molecule has 0 fully saturated rings. The van der Waals surface area contributed by atoms with E-state index >= 15 is 0 Å². The lowest BCUT2D eigenvalue weighted by Crippen LogP contribution is -2.39. The van der Waals surface area contributed by atoms with E-state index in [1.54, 1.807) is 23.5 Å². The molecule has 104 valence electrons. The molecule has 0 bridgehead atoms. The SMILES string of the molecule is CCC(=O)N1CCc2sccc2C1c1ccc(F)cc1. The Morgan fingerprint density at radius 2 is 2.10 bits per heavy atom. The third kappa shape index (κ3) is 2.24. The van der Waals surface area contributed by atoms with Crippen molar-refractivity contribution in [1.82, 2.24) is 4.90 Å². The van der Waals surface area contributed by atoms with Crippen LogP contribution >= 0.6 is 11.3 Å². The largest absolute Gasteiger partial charge is 0.331 e. The highest BCUT2D eigenvalue weighted by atomic mass is 32.1. The Hall–Kier alpha value is -1.68. The number of thiophene rings is 1. The van der Waals surface area contributed by atoms with Crippen LogP contribution in [-0.2, 0) is 11.2 Å². The third-order valence-electron chi connectivity index (χ3n) is 3.77. The second-order valence-corrected chi connectivity index (χ2v) is 5.94. The summed E-state index contributed by atoms with van der Waals surface area (Å²) >= 11 is 1.74. The molecular formula is C16H16FNOS. The Balaban J connectivity index is 2.06. The summed E-state index contributed by atoms with van der Waals surface area (Å²) in [7, 11) is 0. The maximum absolute atomic E-state index is 13.1. The highest BCUT2D eigenvalue weighted by Crippen LogP contribution is 2.37. The maximum atomic E-state index is 13.1. The van der Waals surface area contributed by atoms with E-state index < -0.39 is 0 Å². The number of hydrogen-bond acceptors (Lipinski definition) is 2. The zero-order valence-corrected chi connectivity index (χ0v) is 12.1. The highest BCUT2D eigenvalue weighted by Gasteiger charge is 2.31. The first kappa shape index (κ1) is 13.3. The Kier molecular flexibility index (Phi) is 3.57. The molecule has 20 heavy (non-hydrogen) atoms. The molecule has 1 atom stereocenters. The first-order valence-corrected chi connectivity index (χ1v) is 7.70. The normalized spacial score (nSPS) is 17.9. The Morgan fingerprint density at radius 3 is 2.80 bits per heavy atom. The molecule has 2 aromatic rings. The first-order chi connectivity index (χ1) is 9.70. The molecule has 1 aliphatic rings. The lowest BCUT2D eigenvalue weighted by atomic mass is 9.93. The van der Waals surface area contributed by atoms with Crippen molar-refractivity contribution in [1.29, 1.82) is 0 Å². The molecule has 0 saturated carbocycles. The summed E-state index contributed by atoms with van der Waals surface area (Å²) in [6.07, 6.45) is 1.41. The van der Waals surface area contributed by atoms with Crippen LogP contribution < -0.4 is 0 Å². The van der Waals surface area contributed by atoms with Crippen LogP contribution in [0.2, 0.25) is 0 Å². The maximum Gasteiger partial charge on any atom is 0.223 e. The van der Waals surface area contributed by atoms with E-state index in [0.29, 0.717) is 6.42 Å². The van der Waals surface area contributed by atoms with Gasteiger partial charge in [0, 0.05) is 17.8 Å². The van der Waals surface area contributed by atoms with Crippen LogP contribution in [0.1, 0.15) is 35.4 Å². The molecule has 2 nitrogen and oxygen atoms in total. The van der Waals surface area contributed by atoms with Gasteiger partial charge in [0.15, 0.2) is 0 Å². The average molecular weight is 289 g/mol. The zero-order chi connectivity index (χ0) is 14.1. The van der Waals surface area contributed by atoms with Crippen LogP contribution in [0.25, 0.3) is 0 Å². The first-order valence-electron chi connectivity index (χ1n) is 6.82.